The SMILES string of the molecule is CC(=O)N1CCCN(C(=O)c2cc(Cl)ccc2N)CC1. The predicted molar refractivity (Wildman–Crippen MR) is 78.6 cm³/mol. The number of carbonyl (C=O) groups is 2. The molecule has 0 saturated carbocycles. The third-order valence-electron chi connectivity index (χ3n) is 3.47. The van der Waals surface area contributed by atoms with Crippen molar-refractivity contribution in [3.63, 3.8) is 0 Å². The molecular formula is C14H18ClN3O2. The van der Waals surface area contributed by atoms with Gasteiger partial charge in [-0.15, -0.1) is 0 Å². The number of benzene rings is 1. The Morgan fingerprint density at radius 2 is 1.80 bits per heavy atom. The van der Waals surface area contributed by atoms with E-state index in [9.17, 15) is 9.59 Å². The number of nitrogens with two attached hydrogens (primary N) is 1. The molecule has 0 spiro atoms. The molecule has 1 heterocycles. The number of amides is 2. The lowest BCUT2D eigenvalue weighted by Gasteiger charge is -2.22. The summed E-state index contributed by atoms with van der Waals surface area (Å²) in [6.45, 7) is 3.93. The second-order valence-corrected chi connectivity index (χ2v) is 5.32. The van der Waals surface area contributed by atoms with Crippen molar-refractivity contribution >= 4 is 29.1 Å². The van der Waals surface area contributed by atoms with Crippen LogP contribution >= 0.6 is 11.6 Å². The molecule has 1 saturated heterocycles. The van der Waals surface area contributed by atoms with Gasteiger partial charge < -0.3 is 15.5 Å². The van der Waals surface area contributed by atoms with Crippen LogP contribution in [0.15, 0.2) is 18.2 Å². The summed E-state index contributed by atoms with van der Waals surface area (Å²) in [5.74, 6) is -0.0861. The number of hydrogen-bond donors (Lipinski definition) is 1. The topological polar surface area (TPSA) is 66.6 Å². The first-order valence-corrected chi connectivity index (χ1v) is 6.96. The fourth-order valence-corrected chi connectivity index (χ4v) is 2.49. The number of carbonyl (C=O) groups excluding carboxylic acids is 2. The number of rotatable bonds is 1. The molecule has 20 heavy (non-hydrogen) atoms. The fourth-order valence-electron chi connectivity index (χ4n) is 2.32. The van der Waals surface area contributed by atoms with Gasteiger partial charge in [0.05, 0.1) is 5.56 Å². The molecule has 0 unspecified atom stereocenters. The van der Waals surface area contributed by atoms with Crippen LogP contribution in [0.5, 0.6) is 0 Å². The summed E-state index contributed by atoms with van der Waals surface area (Å²) in [7, 11) is 0. The Kier molecular flexibility index (Phi) is 4.49. The molecule has 1 fully saturated rings. The highest BCUT2D eigenvalue weighted by molar-refractivity contribution is 6.31. The van der Waals surface area contributed by atoms with Crippen LogP contribution in [-0.2, 0) is 4.79 Å². The molecule has 1 aliphatic rings. The summed E-state index contributed by atoms with van der Waals surface area (Å²) < 4.78 is 0. The summed E-state index contributed by atoms with van der Waals surface area (Å²) >= 11 is 5.92. The monoisotopic (exact) mass is 295 g/mol. The van der Waals surface area contributed by atoms with Crippen molar-refractivity contribution in [2.24, 2.45) is 0 Å². The lowest BCUT2D eigenvalue weighted by atomic mass is 10.1. The Balaban J connectivity index is 2.13. The van der Waals surface area contributed by atoms with Crippen LogP contribution in [0, 0.1) is 0 Å². The summed E-state index contributed by atoms with van der Waals surface area (Å²) in [5, 5.41) is 0.489. The van der Waals surface area contributed by atoms with Gasteiger partial charge in [-0.3, -0.25) is 9.59 Å². The molecule has 0 bridgehead atoms. The van der Waals surface area contributed by atoms with Gasteiger partial charge in [0.15, 0.2) is 0 Å². The van der Waals surface area contributed by atoms with Crippen LogP contribution < -0.4 is 5.73 Å². The summed E-state index contributed by atoms with van der Waals surface area (Å²) in [4.78, 5) is 27.4. The fraction of sp³-hybridized carbons (Fsp3) is 0.429. The predicted octanol–water partition coefficient (Wildman–Crippen LogP) is 1.62. The molecule has 0 radical (unpaired) electrons. The molecule has 1 aliphatic heterocycles. The van der Waals surface area contributed by atoms with E-state index in [1.807, 2.05) is 0 Å². The van der Waals surface area contributed by atoms with Gasteiger partial charge in [0.25, 0.3) is 5.91 Å². The van der Waals surface area contributed by atoms with Gasteiger partial charge in [-0.1, -0.05) is 11.6 Å². The van der Waals surface area contributed by atoms with Crippen molar-refractivity contribution in [3.05, 3.63) is 28.8 Å². The highest BCUT2D eigenvalue weighted by Gasteiger charge is 2.22. The lowest BCUT2D eigenvalue weighted by molar-refractivity contribution is -0.128. The largest absolute Gasteiger partial charge is 0.398 e. The molecule has 6 heteroatoms. The van der Waals surface area contributed by atoms with E-state index >= 15 is 0 Å². The zero-order valence-corrected chi connectivity index (χ0v) is 12.2. The third kappa shape index (κ3) is 3.22. The minimum Gasteiger partial charge on any atom is -0.398 e. The van der Waals surface area contributed by atoms with E-state index in [2.05, 4.69) is 0 Å². The Bertz CT molecular complexity index is 533. The van der Waals surface area contributed by atoms with Crippen molar-refractivity contribution in [1.82, 2.24) is 9.80 Å². The normalized spacial score (nSPS) is 15.9. The number of halogens is 1. The van der Waals surface area contributed by atoms with Crippen LogP contribution in [-0.4, -0.2) is 47.8 Å². The molecule has 108 valence electrons. The van der Waals surface area contributed by atoms with E-state index in [1.165, 1.54) is 0 Å². The van der Waals surface area contributed by atoms with E-state index in [0.29, 0.717) is 42.5 Å². The second-order valence-electron chi connectivity index (χ2n) is 4.88. The molecule has 0 aromatic heterocycles. The Labute approximate surface area is 123 Å². The highest BCUT2D eigenvalue weighted by Crippen LogP contribution is 2.20. The van der Waals surface area contributed by atoms with Gasteiger partial charge >= 0.3 is 0 Å². The molecule has 2 rings (SSSR count). The maximum Gasteiger partial charge on any atom is 0.256 e. The third-order valence-corrected chi connectivity index (χ3v) is 3.71. The number of nitrogen functional groups attached to an aromatic ring is 1. The van der Waals surface area contributed by atoms with Crippen molar-refractivity contribution in [3.8, 4) is 0 Å². The maximum absolute atomic E-state index is 12.5. The molecule has 1 aromatic rings. The quantitative estimate of drug-likeness (QED) is 0.801. The van der Waals surface area contributed by atoms with Crippen LogP contribution in [0.25, 0.3) is 0 Å². The highest BCUT2D eigenvalue weighted by atomic mass is 35.5. The van der Waals surface area contributed by atoms with Crippen LogP contribution in [0.2, 0.25) is 5.02 Å². The molecule has 1 aromatic carbocycles. The van der Waals surface area contributed by atoms with E-state index < -0.39 is 0 Å². The van der Waals surface area contributed by atoms with Gasteiger partial charge in [-0.05, 0) is 24.6 Å². The van der Waals surface area contributed by atoms with Crippen LogP contribution in [0.4, 0.5) is 5.69 Å². The summed E-state index contributed by atoms with van der Waals surface area (Å²) in [6, 6.07) is 4.88. The van der Waals surface area contributed by atoms with Gasteiger partial charge in [-0.2, -0.15) is 0 Å². The molecule has 2 amide bonds. The van der Waals surface area contributed by atoms with Gasteiger partial charge in [0.1, 0.15) is 0 Å². The molecule has 0 aliphatic carbocycles. The minimum absolute atomic E-state index is 0.0431. The summed E-state index contributed by atoms with van der Waals surface area (Å²) in [5.41, 5.74) is 6.69. The second kappa shape index (κ2) is 6.13. The van der Waals surface area contributed by atoms with Gasteiger partial charge in [0, 0.05) is 43.8 Å². The van der Waals surface area contributed by atoms with Gasteiger partial charge in [-0.25, -0.2) is 0 Å². The molecule has 2 N–H and O–H groups in total. The Morgan fingerprint density at radius 3 is 2.50 bits per heavy atom. The summed E-state index contributed by atoms with van der Waals surface area (Å²) in [6.07, 6.45) is 0.770. The average molecular weight is 296 g/mol. The van der Waals surface area contributed by atoms with Crippen LogP contribution in [0.1, 0.15) is 23.7 Å². The van der Waals surface area contributed by atoms with E-state index in [-0.39, 0.29) is 11.8 Å². The maximum atomic E-state index is 12.5. The molecule has 0 atom stereocenters. The van der Waals surface area contributed by atoms with E-state index in [0.717, 1.165) is 6.42 Å². The number of anilines is 1. The standard InChI is InChI=1S/C14H18ClN3O2/c1-10(19)17-5-2-6-18(8-7-17)14(20)12-9-11(15)3-4-13(12)16/h3-4,9H,2,5-8,16H2,1H3. The van der Waals surface area contributed by atoms with Crippen LogP contribution in [0.3, 0.4) is 0 Å². The number of hydrogen-bond acceptors (Lipinski definition) is 3. The Hall–Kier alpha value is -1.75. The number of nitrogens with zero attached hydrogens (tertiary/aromatic N) is 2. The van der Waals surface area contributed by atoms with Crippen molar-refractivity contribution in [2.45, 2.75) is 13.3 Å². The lowest BCUT2D eigenvalue weighted by Crippen LogP contribution is -2.36. The Morgan fingerprint density at radius 1 is 1.15 bits per heavy atom. The minimum atomic E-state index is -0.129. The first-order valence-electron chi connectivity index (χ1n) is 6.59. The molecular weight excluding hydrogens is 278 g/mol. The van der Waals surface area contributed by atoms with Crippen molar-refractivity contribution in [2.75, 3.05) is 31.9 Å². The van der Waals surface area contributed by atoms with E-state index in [4.69, 9.17) is 17.3 Å². The zero-order chi connectivity index (χ0) is 14.7. The first-order chi connectivity index (χ1) is 9.49. The first kappa shape index (κ1) is 14.7. The van der Waals surface area contributed by atoms with Crippen molar-refractivity contribution in [1.29, 1.82) is 0 Å². The smallest absolute Gasteiger partial charge is 0.256 e. The molecule has 5 nitrogen and oxygen atoms in total. The zero-order valence-electron chi connectivity index (χ0n) is 11.4. The average Bonchev–Trinajstić information content (AvgIpc) is 2.66. The van der Waals surface area contributed by atoms with Crippen molar-refractivity contribution < 1.29 is 9.59 Å². The van der Waals surface area contributed by atoms with E-state index in [1.54, 1.807) is 34.9 Å². The van der Waals surface area contributed by atoms with Gasteiger partial charge in [0.2, 0.25) is 5.91 Å².